The zero-order valence-electron chi connectivity index (χ0n) is 13.1. The van der Waals surface area contributed by atoms with Gasteiger partial charge in [0, 0.05) is 5.56 Å². The van der Waals surface area contributed by atoms with E-state index in [9.17, 15) is 9.90 Å². The van der Waals surface area contributed by atoms with Gasteiger partial charge in [-0.1, -0.05) is 18.2 Å². The van der Waals surface area contributed by atoms with Crippen molar-refractivity contribution in [2.75, 3.05) is 6.61 Å². The quantitative estimate of drug-likeness (QED) is 0.891. The summed E-state index contributed by atoms with van der Waals surface area (Å²) in [5, 5.41) is 12.1. The molecule has 4 nitrogen and oxygen atoms in total. The van der Waals surface area contributed by atoms with Crippen LogP contribution in [0.25, 0.3) is 0 Å². The highest BCUT2D eigenvalue weighted by molar-refractivity contribution is 5.94. The van der Waals surface area contributed by atoms with Crippen LogP contribution in [0.4, 0.5) is 0 Å². The average molecular weight is 299 g/mol. The zero-order valence-corrected chi connectivity index (χ0v) is 13.1. The van der Waals surface area contributed by atoms with Gasteiger partial charge in [-0.05, 0) is 56.2 Å². The van der Waals surface area contributed by atoms with Crippen LogP contribution in [-0.2, 0) is 0 Å². The molecule has 0 aliphatic carbocycles. The van der Waals surface area contributed by atoms with E-state index in [0.717, 1.165) is 16.9 Å². The van der Waals surface area contributed by atoms with E-state index < -0.39 is 0 Å². The Bertz CT molecular complexity index is 630. The number of carbonyl (C=O) groups is 1. The van der Waals surface area contributed by atoms with Gasteiger partial charge in [0.1, 0.15) is 18.1 Å². The van der Waals surface area contributed by atoms with Crippen molar-refractivity contribution in [1.29, 1.82) is 0 Å². The number of rotatable bonds is 5. The highest BCUT2D eigenvalue weighted by atomic mass is 16.5. The molecule has 0 saturated carbocycles. The second-order valence-corrected chi connectivity index (χ2v) is 5.45. The number of amides is 1. The molecule has 0 saturated heterocycles. The molecule has 0 bridgehead atoms. The van der Waals surface area contributed by atoms with Crippen LogP contribution in [0.3, 0.4) is 0 Å². The van der Waals surface area contributed by atoms with Gasteiger partial charge in [-0.3, -0.25) is 4.79 Å². The van der Waals surface area contributed by atoms with Crippen molar-refractivity contribution >= 4 is 5.91 Å². The number of nitrogens with one attached hydrogen (secondary N) is 1. The summed E-state index contributed by atoms with van der Waals surface area (Å²) >= 11 is 0. The third-order valence-corrected chi connectivity index (χ3v) is 3.39. The van der Waals surface area contributed by atoms with Crippen molar-refractivity contribution in [2.24, 2.45) is 0 Å². The zero-order chi connectivity index (χ0) is 16.1. The predicted molar refractivity (Wildman–Crippen MR) is 86.4 cm³/mol. The van der Waals surface area contributed by atoms with Gasteiger partial charge in [0.25, 0.3) is 5.91 Å². The minimum Gasteiger partial charge on any atom is -0.508 e. The molecule has 0 aromatic heterocycles. The molecular formula is C18H21NO3. The Morgan fingerprint density at radius 3 is 2.32 bits per heavy atom. The van der Waals surface area contributed by atoms with Crippen LogP contribution in [0.2, 0.25) is 0 Å². The summed E-state index contributed by atoms with van der Waals surface area (Å²) in [7, 11) is 0. The normalized spacial score (nSPS) is 11.8. The van der Waals surface area contributed by atoms with Gasteiger partial charge in [-0.15, -0.1) is 0 Å². The maximum absolute atomic E-state index is 12.1. The Hall–Kier alpha value is -2.49. The second-order valence-electron chi connectivity index (χ2n) is 5.45. The first-order valence-corrected chi connectivity index (χ1v) is 7.26. The third-order valence-electron chi connectivity index (χ3n) is 3.39. The van der Waals surface area contributed by atoms with Crippen LogP contribution in [-0.4, -0.2) is 23.7 Å². The van der Waals surface area contributed by atoms with Crippen LogP contribution in [0, 0.1) is 13.8 Å². The third kappa shape index (κ3) is 4.01. The molecule has 2 aromatic rings. The summed E-state index contributed by atoms with van der Waals surface area (Å²) in [5.41, 5.74) is 2.67. The van der Waals surface area contributed by atoms with E-state index in [2.05, 4.69) is 5.32 Å². The number of phenolic OH excluding ortho intramolecular Hbond substituents is 1. The van der Waals surface area contributed by atoms with Gasteiger partial charge in [0.15, 0.2) is 0 Å². The molecule has 0 radical (unpaired) electrons. The Balaban J connectivity index is 1.91. The average Bonchev–Trinajstić information content (AvgIpc) is 2.47. The largest absolute Gasteiger partial charge is 0.508 e. The number of aryl methyl sites for hydroxylation is 2. The Morgan fingerprint density at radius 1 is 1.14 bits per heavy atom. The lowest BCUT2D eigenvalue weighted by Gasteiger charge is -2.17. The fourth-order valence-corrected chi connectivity index (χ4v) is 2.20. The van der Waals surface area contributed by atoms with Crippen molar-refractivity contribution in [3.05, 3.63) is 59.2 Å². The summed E-state index contributed by atoms with van der Waals surface area (Å²) in [6.45, 7) is 6.30. The van der Waals surface area contributed by atoms with Crippen molar-refractivity contribution in [1.82, 2.24) is 5.32 Å². The molecule has 2 aromatic carbocycles. The molecule has 0 heterocycles. The van der Waals surface area contributed by atoms with Crippen LogP contribution in [0.1, 0.15) is 28.4 Å². The SMILES string of the molecule is Cc1cccc(C)c1OCC(C)NC(=O)c1ccc(O)cc1. The minimum absolute atomic E-state index is 0.125. The van der Waals surface area contributed by atoms with E-state index in [4.69, 9.17) is 4.74 Å². The van der Waals surface area contributed by atoms with E-state index in [-0.39, 0.29) is 17.7 Å². The summed E-state index contributed by atoms with van der Waals surface area (Å²) in [6, 6.07) is 12.0. The maximum Gasteiger partial charge on any atom is 0.251 e. The molecule has 0 aliphatic heterocycles. The second kappa shape index (κ2) is 6.98. The topological polar surface area (TPSA) is 58.6 Å². The number of carbonyl (C=O) groups excluding carboxylic acids is 1. The first kappa shape index (κ1) is 15.9. The molecular weight excluding hydrogens is 278 g/mol. The molecule has 4 heteroatoms. The molecule has 1 amide bonds. The van der Waals surface area contributed by atoms with E-state index in [1.54, 1.807) is 12.1 Å². The fourth-order valence-electron chi connectivity index (χ4n) is 2.20. The van der Waals surface area contributed by atoms with Crippen LogP contribution < -0.4 is 10.1 Å². The molecule has 22 heavy (non-hydrogen) atoms. The number of hydrogen-bond acceptors (Lipinski definition) is 3. The highest BCUT2D eigenvalue weighted by Crippen LogP contribution is 2.22. The van der Waals surface area contributed by atoms with E-state index >= 15 is 0 Å². The summed E-state index contributed by atoms with van der Waals surface area (Å²) in [4.78, 5) is 12.1. The first-order chi connectivity index (χ1) is 10.5. The number of benzene rings is 2. The van der Waals surface area contributed by atoms with Crippen molar-refractivity contribution in [2.45, 2.75) is 26.8 Å². The smallest absolute Gasteiger partial charge is 0.251 e. The lowest BCUT2D eigenvalue weighted by atomic mass is 10.1. The van der Waals surface area contributed by atoms with Crippen LogP contribution in [0.15, 0.2) is 42.5 Å². The summed E-state index contributed by atoms with van der Waals surface area (Å²) < 4.78 is 5.83. The standard InChI is InChI=1S/C18H21NO3/c1-12-5-4-6-13(2)17(12)22-11-14(3)19-18(21)15-7-9-16(20)10-8-15/h4-10,14,20H,11H2,1-3H3,(H,19,21). The Labute approximate surface area is 130 Å². The number of aromatic hydroxyl groups is 1. The lowest BCUT2D eigenvalue weighted by Crippen LogP contribution is -2.36. The number of phenols is 1. The maximum atomic E-state index is 12.1. The van der Waals surface area contributed by atoms with Crippen LogP contribution in [0.5, 0.6) is 11.5 Å². The lowest BCUT2D eigenvalue weighted by molar-refractivity contribution is 0.0926. The van der Waals surface area contributed by atoms with Gasteiger partial charge in [-0.25, -0.2) is 0 Å². The number of ether oxygens (including phenoxy) is 1. The fraction of sp³-hybridized carbons (Fsp3) is 0.278. The van der Waals surface area contributed by atoms with Gasteiger partial charge >= 0.3 is 0 Å². The van der Waals surface area contributed by atoms with Crippen molar-refractivity contribution in [3.8, 4) is 11.5 Å². The van der Waals surface area contributed by atoms with E-state index in [0.29, 0.717) is 12.2 Å². The number of hydrogen-bond donors (Lipinski definition) is 2. The highest BCUT2D eigenvalue weighted by Gasteiger charge is 2.11. The molecule has 2 N–H and O–H groups in total. The van der Waals surface area contributed by atoms with Crippen molar-refractivity contribution in [3.63, 3.8) is 0 Å². The van der Waals surface area contributed by atoms with Gasteiger partial charge < -0.3 is 15.2 Å². The van der Waals surface area contributed by atoms with Crippen LogP contribution >= 0.6 is 0 Å². The molecule has 0 spiro atoms. The Kier molecular flexibility index (Phi) is 5.04. The van der Waals surface area contributed by atoms with Gasteiger partial charge in [-0.2, -0.15) is 0 Å². The summed E-state index contributed by atoms with van der Waals surface area (Å²) in [5.74, 6) is 0.828. The van der Waals surface area contributed by atoms with Crippen molar-refractivity contribution < 1.29 is 14.6 Å². The molecule has 1 atom stereocenters. The van der Waals surface area contributed by atoms with E-state index in [1.165, 1.54) is 12.1 Å². The molecule has 116 valence electrons. The molecule has 0 aliphatic rings. The molecule has 2 rings (SSSR count). The Morgan fingerprint density at radius 2 is 1.73 bits per heavy atom. The molecule has 0 fully saturated rings. The van der Waals surface area contributed by atoms with Gasteiger partial charge in [0.05, 0.1) is 6.04 Å². The number of para-hydroxylation sites is 1. The monoisotopic (exact) mass is 299 g/mol. The first-order valence-electron chi connectivity index (χ1n) is 7.26. The predicted octanol–water partition coefficient (Wildman–Crippen LogP) is 3.21. The summed E-state index contributed by atoms with van der Waals surface area (Å²) in [6.07, 6.45) is 0. The van der Waals surface area contributed by atoms with E-state index in [1.807, 2.05) is 39.0 Å². The molecule has 1 unspecified atom stereocenters. The van der Waals surface area contributed by atoms with Gasteiger partial charge in [0.2, 0.25) is 0 Å². The minimum atomic E-state index is -0.183.